The van der Waals surface area contributed by atoms with Crippen LogP contribution in [0.4, 0.5) is 0 Å². The third-order valence-corrected chi connectivity index (χ3v) is 6.22. The Morgan fingerprint density at radius 1 is 0.731 bits per heavy atom. The summed E-state index contributed by atoms with van der Waals surface area (Å²) >= 11 is 0. The van der Waals surface area contributed by atoms with E-state index in [0.29, 0.717) is 5.54 Å². The Labute approximate surface area is 164 Å². The minimum atomic E-state index is 0.349. The van der Waals surface area contributed by atoms with E-state index in [0.717, 1.165) is 19.6 Å². The molecule has 0 saturated carbocycles. The molecule has 1 aliphatic rings. The maximum atomic E-state index is 3.75. The maximum Gasteiger partial charge on any atom is 0.0378 e. The van der Waals surface area contributed by atoms with E-state index in [-0.39, 0.29) is 0 Å². The first kappa shape index (κ1) is 23.9. The summed E-state index contributed by atoms with van der Waals surface area (Å²) < 4.78 is 0. The van der Waals surface area contributed by atoms with Crippen molar-refractivity contribution < 1.29 is 0 Å². The van der Waals surface area contributed by atoms with Crippen molar-refractivity contribution >= 4 is 0 Å². The Kier molecular flexibility index (Phi) is 12.8. The van der Waals surface area contributed by atoms with Crippen LogP contribution in [0.15, 0.2) is 0 Å². The fourth-order valence-electron chi connectivity index (χ4n) is 4.23. The van der Waals surface area contributed by atoms with Crippen molar-refractivity contribution in [3.63, 3.8) is 0 Å². The van der Waals surface area contributed by atoms with E-state index in [1.165, 1.54) is 83.6 Å². The molecule has 0 unspecified atom stereocenters. The van der Waals surface area contributed by atoms with Crippen molar-refractivity contribution in [2.45, 2.75) is 117 Å². The van der Waals surface area contributed by atoms with Crippen molar-refractivity contribution in [3.05, 3.63) is 0 Å². The molecular formula is C22H48N4. The quantitative estimate of drug-likeness (QED) is 0.371. The first-order valence-electron chi connectivity index (χ1n) is 11.7. The minimum Gasteiger partial charge on any atom is -0.240 e. The van der Waals surface area contributed by atoms with Gasteiger partial charge in [0.2, 0.25) is 0 Å². The largest absolute Gasteiger partial charge is 0.240 e. The summed E-state index contributed by atoms with van der Waals surface area (Å²) in [4.78, 5) is 0. The highest BCUT2D eigenvalue weighted by atomic mass is 16.0. The highest BCUT2D eigenvalue weighted by Gasteiger charge is 2.42. The van der Waals surface area contributed by atoms with E-state index in [9.17, 15) is 0 Å². The van der Waals surface area contributed by atoms with Gasteiger partial charge in [0.15, 0.2) is 0 Å². The Hall–Kier alpha value is -0.160. The molecule has 0 amide bonds. The van der Waals surface area contributed by atoms with Gasteiger partial charge in [0, 0.05) is 31.7 Å². The predicted molar refractivity (Wildman–Crippen MR) is 115 cm³/mol. The number of hydrogen-bond donors (Lipinski definition) is 1. The van der Waals surface area contributed by atoms with Gasteiger partial charge in [-0.3, -0.25) is 0 Å². The molecule has 0 radical (unpaired) electrons. The number of rotatable bonds is 15. The summed E-state index contributed by atoms with van der Waals surface area (Å²) in [6, 6.07) is 0. The molecule has 0 atom stereocenters. The minimum absolute atomic E-state index is 0.349. The third kappa shape index (κ3) is 7.10. The van der Waals surface area contributed by atoms with Crippen LogP contribution in [-0.2, 0) is 0 Å². The lowest BCUT2D eigenvalue weighted by Crippen LogP contribution is -2.70. The number of nitrogens with one attached hydrogen (secondary N) is 1. The molecule has 1 N–H and O–H groups in total. The molecule has 1 fully saturated rings. The Morgan fingerprint density at radius 3 is 2.00 bits per heavy atom. The van der Waals surface area contributed by atoms with Gasteiger partial charge in [0.25, 0.3) is 0 Å². The summed E-state index contributed by atoms with van der Waals surface area (Å²) in [7, 11) is 0. The van der Waals surface area contributed by atoms with Gasteiger partial charge in [-0.2, -0.15) is 10.2 Å². The first-order chi connectivity index (χ1) is 12.7. The normalized spacial score (nSPS) is 19.3. The van der Waals surface area contributed by atoms with Crippen molar-refractivity contribution in [2.24, 2.45) is 0 Å². The van der Waals surface area contributed by atoms with Gasteiger partial charge in [-0.05, 0) is 38.5 Å². The Morgan fingerprint density at radius 2 is 1.38 bits per heavy atom. The second kappa shape index (κ2) is 13.9. The maximum absolute atomic E-state index is 3.75. The van der Waals surface area contributed by atoms with E-state index in [4.69, 9.17) is 0 Å². The molecule has 0 aromatic heterocycles. The molecule has 4 heteroatoms. The van der Waals surface area contributed by atoms with Gasteiger partial charge in [-0.1, -0.05) is 73.1 Å². The van der Waals surface area contributed by atoms with Crippen LogP contribution in [0, 0.1) is 0 Å². The number of hydrazine groups is 3. The van der Waals surface area contributed by atoms with Crippen LogP contribution < -0.4 is 5.43 Å². The van der Waals surface area contributed by atoms with Gasteiger partial charge < -0.3 is 0 Å². The zero-order valence-electron chi connectivity index (χ0n) is 18.7. The van der Waals surface area contributed by atoms with Crippen molar-refractivity contribution in [2.75, 3.05) is 26.2 Å². The SMILES string of the molecule is CCCCCCN1N(CCCC)N(NCCCCC)CCC1(CC)CC. The van der Waals surface area contributed by atoms with E-state index in [1.807, 2.05) is 0 Å². The Bertz CT molecular complexity index is 330. The molecular weight excluding hydrogens is 320 g/mol. The van der Waals surface area contributed by atoms with Crippen molar-refractivity contribution in [1.82, 2.24) is 20.7 Å². The van der Waals surface area contributed by atoms with Crippen LogP contribution in [0.25, 0.3) is 0 Å². The molecule has 1 aliphatic heterocycles. The average Bonchev–Trinajstić information content (AvgIpc) is 2.67. The summed E-state index contributed by atoms with van der Waals surface area (Å²) in [6.45, 7) is 16.3. The van der Waals surface area contributed by atoms with Gasteiger partial charge in [-0.15, -0.1) is 0 Å². The molecule has 0 bridgehead atoms. The third-order valence-electron chi connectivity index (χ3n) is 6.22. The number of unbranched alkanes of at least 4 members (excludes halogenated alkanes) is 6. The molecule has 0 aromatic carbocycles. The highest BCUT2D eigenvalue weighted by molar-refractivity contribution is 4.90. The van der Waals surface area contributed by atoms with E-state index in [2.05, 4.69) is 55.3 Å². The second-order valence-electron chi connectivity index (χ2n) is 8.05. The standard InChI is InChI=1S/C22H48N4/c1-6-11-14-16-19-24-22(9-4,10-5)17-21-25(23-18-15-12-7-2)26(24)20-13-8-3/h23H,6-21H2,1-5H3. The molecule has 26 heavy (non-hydrogen) atoms. The van der Waals surface area contributed by atoms with Crippen LogP contribution in [0.5, 0.6) is 0 Å². The van der Waals surface area contributed by atoms with Gasteiger partial charge in [-0.25, -0.2) is 10.4 Å². The first-order valence-corrected chi connectivity index (χ1v) is 11.7. The van der Waals surface area contributed by atoms with Crippen LogP contribution in [-0.4, -0.2) is 47.0 Å². The molecule has 1 saturated heterocycles. The van der Waals surface area contributed by atoms with Crippen LogP contribution in [0.3, 0.4) is 0 Å². The summed E-state index contributed by atoms with van der Waals surface area (Å²) in [6.07, 6.45) is 15.6. The summed E-state index contributed by atoms with van der Waals surface area (Å²) in [5, 5.41) is 7.81. The van der Waals surface area contributed by atoms with Crippen LogP contribution >= 0.6 is 0 Å². The average molecular weight is 369 g/mol. The molecule has 1 rings (SSSR count). The summed E-state index contributed by atoms with van der Waals surface area (Å²) in [5.74, 6) is 0. The van der Waals surface area contributed by atoms with Gasteiger partial charge in [0.05, 0.1) is 0 Å². The van der Waals surface area contributed by atoms with Crippen LogP contribution in [0.1, 0.15) is 112 Å². The molecule has 0 aromatic rings. The monoisotopic (exact) mass is 368 g/mol. The lowest BCUT2D eigenvalue weighted by atomic mass is 9.87. The number of hydrogen-bond acceptors (Lipinski definition) is 4. The molecule has 156 valence electrons. The lowest BCUT2D eigenvalue weighted by Gasteiger charge is -2.56. The molecule has 4 nitrogen and oxygen atoms in total. The Balaban J connectivity index is 2.83. The van der Waals surface area contributed by atoms with Crippen LogP contribution in [0.2, 0.25) is 0 Å². The number of nitrogens with zero attached hydrogens (tertiary/aromatic N) is 3. The van der Waals surface area contributed by atoms with Gasteiger partial charge >= 0.3 is 0 Å². The van der Waals surface area contributed by atoms with Gasteiger partial charge in [0.1, 0.15) is 0 Å². The van der Waals surface area contributed by atoms with E-state index >= 15 is 0 Å². The summed E-state index contributed by atoms with van der Waals surface area (Å²) in [5.41, 5.74) is 4.10. The fraction of sp³-hybridized carbons (Fsp3) is 1.00. The lowest BCUT2D eigenvalue weighted by molar-refractivity contribution is -0.285. The zero-order valence-corrected chi connectivity index (χ0v) is 18.7. The van der Waals surface area contributed by atoms with Crippen molar-refractivity contribution in [1.29, 1.82) is 0 Å². The molecule has 1 heterocycles. The fourth-order valence-corrected chi connectivity index (χ4v) is 4.23. The topological polar surface area (TPSA) is 21.8 Å². The van der Waals surface area contributed by atoms with E-state index in [1.54, 1.807) is 0 Å². The zero-order chi connectivity index (χ0) is 19.3. The van der Waals surface area contributed by atoms with Crippen molar-refractivity contribution in [3.8, 4) is 0 Å². The smallest absolute Gasteiger partial charge is 0.0378 e. The molecule has 0 spiro atoms. The molecule has 0 aliphatic carbocycles. The second-order valence-corrected chi connectivity index (χ2v) is 8.05. The highest BCUT2D eigenvalue weighted by Crippen LogP contribution is 2.34. The van der Waals surface area contributed by atoms with E-state index < -0.39 is 0 Å². The predicted octanol–water partition coefficient (Wildman–Crippen LogP) is 5.76.